The third kappa shape index (κ3) is 4.72. The van der Waals surface area contributed by atoms with Crippen molar-refractivity contribution in [2.45, 2.75) is 50.3 Å². The largest absolute Gasteiger partial charge is 0.466 e. The Balaban J connectivity index is 1.58. The second-order valence-corrected chi connectivity index (χ2v) is 9.17. The molecule has 0 aromatic heterocycles. The lowest BCUT2D eigenvalue weighted by Crippen LogP contribution is -2.50. The van der Waals surface area contributed by atoms with E-state index in [1.165, 1.54) is 9.87 Å². The average molecular weight is 409 g/mol. The summed E-state index contributed by atoms with van der Waals surface area (Å²) in [6, 6.07) is 5.47. The zero-order valence-corrected chi connectivity index (χ0v) is 17.2. The van der Waals surface area contributed by atoms with Crippen LogP contribution in [0, 0.1) is 0 Å². The molecule has 1 aromatic rings. The molecule has 0 unspecified atom stereocenters. The fraction of sp³-hybridized carbons (Fsp3) is 0.600. The lowest BCUT2D eigenvalue weighted by Gasteiger charge is -2.34. The summed E-state index contributed by atoms with van der Waals surface area (Å²) in [5.41, 5.74) is 2.39. The van der Waals surface area contributed by atoms with Gasteiger partial charge in [-0.2, -0.15) is 4.31 Å². The number of esters is 1. The Morgan fingerprint density at radius 1 is 1.00 bits per heavy atom. The summed E-state index contributed by atoms with van der Waals surface area (Å²) in [6.07, 6.45) is 4.36. The van der Waals surface area contributed by atoms with E-state index in [9.17, 15) is 18.0 Å². The number of carbonyl (C=O) groups is 2. The predicted octanol–water partition coefficient (Wildman–Crippen LogP) is 1.74. The van der Waals surface area contributed by atoms with E-state index in [1.54, 1.807) is 17.9 Å². The van der Waals surface area contributed by atoms with Crippen LogP contribution in [0.2, 0.25) is 0 Å². The van der Waals surface area contributed by atoms with Gasteiger partial charge in [-0.05, 0) is 55.9 Å². The molecule has 0 saturated carbocycles. The van der Waals surface area contributed by atoms with Crippen molar-refractivity contribution < 1.29 is 22.7 Å². The first-order valence-corrected chi connectivity index (χ1v) is 11.4. The van der Waals surface area contributed by atoms with Crippen molar-refractivity contribution in [2.75, 3.05) is 32.8 Å². The molecule has 0 radical (unpaired) electrons. The molecular formula is C20H28N2O5S. The summed E-state index contributed by atoms with van der Waals surface area (Å²) in [7, 11) is -3.56. The van der Waals surface area contributed by atoms with Gasteiger partial charge in [-0.1, -0.05) is 6.07 Å². The molecule has 1 fully saturated rings. The van der Waals surface area contributed by atoms with Crippen molar-refractivity contribution in [1.29, 1.82) is 0 Å². The number of amides is 1. The van der Waals surface area contributed by atoms with Gasteiger partial charge in [0.1, 0.15) is 0 Å². The van der Waals surface area contributed by atoms with Gasteiger partial charge in [0, 0.05) is 32.6 Å². The number of hydrogen-bond donors (Lipinski definition) is 0. The van der Waals surface area contributed by atoms with Crippen molar-refractivity contribution in [3.05, 3.63) is 29.3 Å². The van der Waals surface area contributed by atoms with Crippen LogP contribution in [0.25, 0.3) is 0 Å². The Kier molecular flexibility index (Phi) is 6.72. The lowest BCUT2D eigenvalue weighted by molar-refractivity contribution is -0.145. The Bertz CT molecular complexity index is 829. The van der Waals surface area contributed by atoms with Crippen LogP contribution in [0.15, 0.2) is 23.1 Å². The van der Waals surface area contributed by atoms with Gasteiger partial charge in [0.15, 0.2) is 0 Å². The van der Waals surface area contributed by atoms with Crippen molar-refractivity contribution in [2.24, 2.45) is 0 Å². The first kappa shape index (κ1) is 20.8. The van der Waals surface area contributed by atoms with Crippen LogP contribution in [0.3, 0.4) is 0 Å². The van der Waals surface area contributed by atoms with Crippen LogP contribution in [-0.2, 0) is 37.2 Å². The quantitative estimate of drug-likeness (QED) is 0.670. The van der Waals surface area contributed by atoms with Gasteiger partial charge in [-0.15, -0.1) is 0 Å². The molecule has 0 N–H and O–H groups in total. The van der Waals surface area contributed by atoms with E-state index in [1.807, 2.05) is 12.1 Å². The maximum atomic E-state index is 13.0. The van der Waals surface area contributed by atoms with Gasteiger partial charge >= 0.3 is 5.97 Å². The molecule has 1 aromatic carbocycles. The standard InChI is InChI=1S/C20H28N2O5S/c1-2-27-20(24)10-9-19(23)21-11-13-22(14-12-21)28(25,26)18-8-7-16-5-3-4-6-17(16)15-18/h7-8,15H,2-6,9-14H2,1H3. The monoisotopic (exact) mass is 408 g/mol. The van der Waals surface area contributed by atoms with E-state index in [4.69, 9.17) is 4.74 Å². The van der Waals surface area contributed by atoms with Crippen LogP contribution in [0.5, 0.6) is 0 Å². The molecule has 0 atom stereocenters. The molecule has 3 rings (SSSR count). The van der Waals surface area contributed by atoms with E-state index in [-0.39, 0.29) is 37.8 Å². The minimum atomic E-state index is -3.56. The molecular weight excluding hydrogens is 380 g/mol. The van der Waals surface area contributed by atoms with Crippen LogP contribution in [-0.4, -0.2) is 62.3 Å². The third-order valence-corrected chi connectivity index (χ3v) is 7.29. The minimum Gasteiger partial charge on any atom is -0.466 e. The van der Waals surface area contributed by atoms with Crippen LogP contribution < -0.4 is 0 Å². The molecule has 0 bridgehead atoms. The van der Waals surface area contributed by atoms with Gasteiger partial charge < -0.3 is 9.64 Å². The zero-order chi connectivity index (χ0) is 20.1. The lowest BCUT2D eigenvalue weighted by atomic mass is 9.92. The van der Waals surface area contributed by atoms with E-state index in [2.05, 4.69) is 0 Å². The van der Waals surface area contributed by atoms with Crippen molar-refractivity contribution in [1.82, 2.24) is 9.21 Å². The van der Waals surface area contributed by atoms with Gasteiger partial charge in [-0.3, -0.25) is 9.59 Å². The summed E-state index contributed by atoms with van der Waals surface area (Å²) in [4.78, 5) is 25.6. The Morgan fingerprint density at radius 2 is 1.68 bits per heavy atom. The fourth-order valence-electron chi connectivity index (χ4n) is 3.80. The van der Waals surface area contributed by atoms with Crippen LogP contribution >= 0.6 is 0 Å². The highest BCUT2D eigenvalue weighted by molar-refractivity contribution is 7.89. The number of piperazine rings is 1. The molecule has 1 saturated heterocycles. The zero-order valence-electron chi connectivity index (χ0n) is 16.4. The van der Waals surface area contributed by atoms with E-state index >= 15 is 0 Å². The summed E-state index contributed by atoms with van der Waals surface area (Å²) < 4.78 is 32.3. The number of benzene rings is 1. The number of nitrogens with zero attached hydrogens (tertiary/aromatic N) is 2. The van der Waals surface area contributed by atoms with E-state index in [0.717, 1.165) is 31.2 Å². The SMILES string of the molecule is CCOC(=O)CCC(=O)N1CCN(S(=O)(=O)c2ccc3c(c2)CCCC3)CC1. The first-order chi connectivity index (χ1) is 13.4. The molecule has 28 heavy (non-hydrogen) atoms. The molecule has 0 spiro atoms. The maximum Gasteiger partial charge on any atom is 0.306 e. The summed E-state index contributed by atoms with van der Waals surface area (Å²) in [6.45, 7) is 3.24. The number of carbonyl (C=O) groups excluding carboxylic acids is 2. The summed E-state index contributed by atoms with van der Waals surface area (Å²) in [5, 5.41) is 0. The fourth-order valence-corrected chi connectivity index (χ4v) is 5.27. The molecule has 2 aliphatic rings. The summed E-state index contributed by atoms with van der Waals surface area (Å²) in [5.74, 6) is -0.525. The van der Waals surface area contributed by atoms with Gasteiger partial charge in [0.25, 0.3) is 0 Å². The van der Waals surface area contributed by atoms with Gasteiger partial charge in [-0.25, -0.2) is 8.42 Å². The minimum absolute atomic E-state index is 0.0559. The highest BCUT2D eigenvalue weighted by Crippen LogP contribution is 2.26. The van der Waals surface area contributed by atoms with Gasteiger partial charge in [0.05, 0.1) is 17.9 Å². The van der Waals surface area contributed by atoms with E-state index in [0.29, 0.717) is 24.6 Å². The Hall–Kier alpha value is -1.93. The average Bonchev–Trinajstić information content (AvgIpc) is 2.72. The highest BCUT2D eigenvalue weighted by Gasteiger charge is 2.30. The van der Waals surface area contributed by atoms with E-state index < -0.39 is 10.0 Å². The maximum absolute atomic E-state index is 13.0. The summed E-state index contributed by atoms with van der Waals surface area (Å²) >= 11 is 0. The number of sulfonamides is 1. The van der Waals surface area contributed by atoms with Crippen LogP contribution in [0.1, 0.15) is 43.7 Å². The van der Waals surface area contributed by atoms with Gasteiger partial charge in [0.2, 0.25) is 15.9 Å². The molecule has 1 aliphatic carbocycles. The molecule has 1 amide bonds. The highest BCUT2D eigenvalue weighted by atomic mass is 32.2. The molecule has 1 heterocycles. The Labute approximate surface area is 166 Å². The molecule has 7 nitrogen and oxygen atoms in total. The number of rotatable bonds is 6. The first-order valence-electron chi connectivity index (χ1n) is 9.97. The topological polar surface area (TPSA) is 84.0 Å². The normalized spacial score (nSPS) is 17.8. The van der Waals surface area contributed by atoms with Crippen molar-refractivity contribution >= 4 is 21.9 Å². The third-order valence-electron chi connectivity index (χ3n) is 5.40. The predicted molar refractivity (Wildman–Crippen MR) is 104 cm³/mol. The number of ether oxygens (including phenoxy) is 1. The number of fused-ring (bicyclic) bond motifs is 1. The number of hydrogen-bond acceptors (Lipinski definition) is 5. The molecule has 1 aliphatic heterocycles. The second-order valence-electron chi connectivity index (χ2n) is 7.23. The van der Waals surface area contributed by atoms with Crippen LogP contribution in [0.4, 0.5) is 0 Å². The number of aryl methyl sites for hydroxylation is 2. The smallest absolute Gasteiger partial charge is 0.306 e. The molecule has 8 heteroatoms. The second kappa shape index (κ2) is 9.05. The molecule has 154 valence electrons. The van der Waals surface area contributed by atoms with Crippen molar-refractivity contribution in [3.63, 3.8) is 0 Å². The van der Waals surface area contributed by atoms with Crippen molar-refractivity contribution in [3.8, 4) is 0 Å². The Morgan fingerprint density at radius 3 is 2.36 bits per heavy atom.